The Morgan fingerprint density at radius 1 is 1.50 bits per heavy atom. The van der Waals surface area contributed by atoms with Gasteiger partial charge in [0.05, 0.1) is 0 Å². The van der Waals surface area contributed by atoms with E-state index in [1.165, 1.54) is 12.8 Å². The largest absolute Gasteiger partial charge is 0.425 e. The normalized spacial score (nSPS) is 17.2. The molecule has 3 heteroatoms. The smallest absolute Gasteiger partial charge is 0.214 e. The minimum Gasteiger partial charge on any atom is -0.425 e. The second-order valence-electron chi connectivity index (χ2n) is 3.73. The van der Waals surface area contributed by atoms with Crippen LogP contribution < -0.4 is 5.73 Å². The molecule has 0 aromatic carbocycles. The van der Waals surface area contributed by atoms with Crippen molar-refractivity contribution >= 4 is 5.88 Å². The summed E-state index contributed by atoms with van der Waals surface area (Å²) < 4.78 is 5.37. The molecule has 0 aliphatic heterocycles. The third-order valence-electron chi connectivity index (χ3n) is 2.17. The molecular weight excluding hydrogens is 152 g/mol. The third-order valence-corrected chi connectivity index (χ3v) is 2.17. The van der Waals surface area contributed by atoms with Gasteiger partial charge in [-0.15, -0.1) is 0 Å². The van der Waals surface area contributed by atoms with Crippen LogP contribution in [0.4, 0.5) is 5.88 Å². The molecule has 1 heterocycles. The zero-order valence-electron chi connectivity index (χ0n) is 7.50. The molecule has 3 nitrogen and oxygen atoms in total. The number of anilines is 1. The maximum atomic E-state index is 5.68. The average Bonchev–Trinajstić information content (AvgIpc) is 2.75. The Bertz CT molecular complexity index is 287. The van der Waals surface area contributed by atoms with Gasteiger partial charge in [-0.05, 0) is 12.8 Å². The molecule has 1 aliphatic carbocycles. The van der Waals surface area contributed by atoms with Crippen LogP contribution in [-0.2, 0) is 0 Å². The fourth-order valence-electron chi connectivity index (χ4n) is 1.28. The Labute approximate surface area is 72.0 Å². The number of aromatic nitrogens is 1. The van der Waals surface area contributed by atoms with E-state index in [4.69, 9.17) is 10.2 Å². The maximum Gasteiger partial charge on any atom is 0.214 e. The summed E-state index contributed by atoms with van der Waals surface area (Å²) in [5.41, 5.74) is 6.59. The van der Waals surface area contributed by atoms with Gasteiger partial charge >= 0.3 is 0 Å². The van der Waals surface area contributed by atoms with Crippen LogP contribution in [0.15, 0.2) is 4.42 Å². The van der Waals surface area contributed by atoms with Crippen LogP contribution in [0.25, 0.3) is 0 Å². The van der Waals surface area contributed by atoms with Crippen molar-refractivity contribution in [2.45, 2.75) is 38.5 Å². The standard InChI is InChI=1S/C9H14N2O/c1-5(2)7-8(10)12-9(11-7)6-3-4-6/h5-6H,3-4,10H2,1-2H3. The summed E-state index contributed by atoms with van der Waals surface area (Å²) in [5, 5.41) is 0. The summed E-state index contributed by atoms with van der Waals surface area (Å²) in [4.78, 5) is 4.38. The van der Waals surface area contributed by atoms with E-state index in [2.05, 4.69) is 18.8 Å². The fraction of sp³-hybridized carbons (Fsp3) is 0.667. The second kappa shape index (κ2) is 2.51. The van der Waals surface area contributed by atoms with Crippen molar-refractivity contribution in [1.29, 1.82) is 0 Å². The lowest BCUT2D eigenvalue weighted by molar-refractivity contribution is 0.513. The molecule has 2 rings (SSSR count). The summed E-state index contributed by atoms with van der Waals surface area (Å²) in [7, 11) is 0. The topological polar surface area (TPSA) is 52.0 Å². The molecule has 0 saturated heterocycles. The third kappa shape index (κ3) is 1.19. The highest BCUT2D eigenvalue weighted by Gasteiger charge is 2.30. The van der Waals surface area contributed by atoms with Crippen LogP contribution in [0, 0.1) is 0 Å². The van der Waals surface area contributed by atoms with Gasteiger partial charge in [-0.3, -0.25) is 0 Å². The predicted octanol–water partition coefficient (Wildman–Crippen LogP) is 2.26. The van der Waals surface area contributed by atoms with Crippen molar-refractivity contribution in [2.24, 2.45) is 0 Å². The first-order valence-electron chi connectivity index (χ1n) is 4.44. The SMILES string of the molecule is CC(C)c1nc(C2CC2)oc1N. The van der Waals surface area contributed by atoms with E-state index in [-0.39, 0.29) is 0 Å². The van der Waals surface area contributed by atoms with E-state index in [0.29, 0.717) is 17.7 Å². The van der Waals surface area contributed by atoms with E-state index in [9.17, 15) is 0 Å². The van der Waals surface area contributed by atoms with Gasteiger partial charge in [0.2, 0.25) is 5.88 Å². The van der Waals surface area contributed by atoms with Crippen molar-refractivity contribution in [3.8, 4) is 0 Å². The Morgan fingerprint density at radius 3 is 2.58 bits per heavy atom. The fourth-order valence-corrected chi connectivity index (χ4v) is 1.28. The first-order valence-corrected chi connectivity index (χ1v) is 4.44. The van der Waals surface area contributed by atoms with E-state index in [0.717, 1.165) is 11.6 Å². The van der Waals surface area contributed by atoms with Gasteiger partial charge in [0.15, 0.2) is 5.89 Å². The molecule has 1 fully saturated rings. The molecule has 0 bridgehead atoms. The molecule has 1 aliphatic rings. The molecule has 1 saturated carbocycles. The Kier molecular flexibility index (Phi) is 1.60. The molecule has 1 aromatic heterocycles. The van der Waals surface area contributed by atoms with E-state index < -0.39 is 0 Å². The van der Waals surface area contributed by atoms with Crippen LogP contribution in [0.1, 0.15) is 50.1 Å². The lowest BCUT2D eigenvalue weighted by atomic mass is 10.1. The Morgan fingerprint density at radius 2 is 2.17 bits per heavy atom. The van der Waals surface area contributed by atoms with Crippen molar-refractivity contribution in [3.05, 3.63) is 11.6 Å². The quantitative estimate of drug-likeness (QED) is 0.733. The number of nitrogen functional groups attached to an aromatic ring is 1. The van der Waals surface area contributed by atoms with Gasteiger partial charge in [-0.2, -0.15) is 0 Å². The van der Waals surface area contributed by atoms with E-state index in [1.807, 2.05) is 0 Å². The van der Waals surface area contributed by atoms with Gasteiger partial charge < -0.3 is 10.2 Å². The number of hydrogen-bond acceptors (Lipinski definition) is 3. The van der Waals surface area contributed by atoms with Crippen LogP contribution in [-0.4, -0.2) is 4.98 Å². The summed E-state index contributed by atoms with van der Waals surface area (Å²) in [6.45, 7) is 4.15. The van der Waals surface area contributed by atoms with E-state index >= 15 is 0 Å². The minimum atomic E-state index is 0.362. The van der Waals surface area contributed by atoms with Crippen molar-refractivity contribution in [1.82, 2.24) is 4.98 Å². The van der Waals surface area contributed by atoms with Crippen molar-refractivity contribution in [2.75, 3.05) is 5.73 Å². The first kappa shape index (κ1) is 7.65. The maximum absolute atomic E-state index is 5.68. The van der Waals surface area contributed by atoms with Gasteiger partial charge in [-0.25, -0.2) is 4.98 Å². The van der Waals surface area contributed by atoms with Gasteiger partial charge in [0.1, 0.15) is 5.69 Å². The summed E-state index contributed by atoms with van der Waals surface area (Å²) in [6.07, 6.45) is 2.41. The van der Waals surface area contributed by atoms with Gasteiger partial charge in [0.25, 0.3) is 0 Å². The molecule has 0 radical (unpaired) electrons. The lowest BCUT2D eigenvalue weighted by Crippen LogP contribution is -1.93. The zero-order valence-corrected chi connectivity index (χ0v) is 7.50. The van der Waals surface area contributed by atoms with Gasteiger partial charge in [0, 0.05) is 11.8 Å². The predicted molar refractivity (Wildman–Crippen MR) is 47.0 cm³/mol. The highest BCUT2D eigenvalue weighted by Crippen LogP contribution is 2.41. The van der Waals surface area contributed by atoms with Gasteiger partial charge in [-0.1, -0.05) is 13.8 Å². The number of oxazole rings is 1. The highest BCUT2D eigenvalue weighted by molar-refractivity contribution is 5.34. The van der Waals surface area contributed by atoms with Crippen LogP contribution in [0.2, 0.25) is 0 Å². The lowest BCUT2D eigenvalue weighted by Gasteiger charge is -1.96. The molecule has 0 spiro atoms. The average molecular weight is 166 g/mol. The van der Waals surface area contributed by atoms with Crippen LogP contribution >= 0.6 is 0 Å². The molecule has 66 valence electrons. The van der Waals surface area contributed by atoms with Crippen molar-refractivity contribution in [3.63, 3.8) is 0 Å². The number of rotatable bonds is 2. The number of nitrogens with zero attached hydrogens (tertiary/aromatic N) is 1. The number of nitrogens with two attached hydrogens (primary N) is 1. The molecular formula is C9H14N2O. The zero-order chi connectivity index (χ0) is 8.72. The molecule has 0 atom stereocenters. The minimum absolute atomic E-state index is 0.362. The molecule has 0 amide bonds. The monoisotopic (exact) mass is 166 g/mol. The first-order chi connectivity index (χ1) is 5.68. The molecule has 2 N–H and O–H groups in total. The highest BCUT2D eigenvalue weighted by atomic mass is 16.4. The molecule has 0 unspecified atom stereocenters. The van der Waals surface area contributed by atoms with E-state index in [1.54, 1.807) is 0 Å². The Hall–Kier alpha value is -0.990. The summed E-state index contributed by atoms with van der Waals surface area (Å²) in [5.74, 6) is 2.27. The number of hydrogen-bond donors (Lipinski definition) is 1. The Balaban J connectivity index is 2.30. The molecule has 12 heavy (non-hydrogen) atoms. The van der Waals surface area contributed by atoms with Crippen LogP contribution in [0.5, 0.6) is 0 Å². The summed E-state index contributed by atoms with van der Waals surface area (Å²) >= 11 is 0. The summed E-state index contributed by atoms with van der Waals surface area (Å²) in [6, 6.07) is 0. The molecule has 1 aromatic rings. The van der Waals surface area contributed by atoms with Crippen molar-refractivity contribution < 1.29 is 4.42 Å². The van der Waals surface area contributed by atoms with Crippen LogP contribution in [0.3, 0.4) is 0 Å². The second-order valence-corrected chi connectivity index (χ2v) is 3.73.